The highest BCUT2D eigenvalue weighted by Crippen LogP contribution is 2.29. The lowest BCUT2D eigenvalue weighted by molar-refractivity contribution is 0.575. The average molecular weight is 279 g/mol. The molecule has 0 aliphatic carbocycles. The molecule has 0 radical (unpaired) electrons. The maximum atomic E-state index is 3.69. The number of hydrogen-bond acceptors (Lipinski definition) is 2. The number of aryl methyl sites for hydroxylation is 2. The van der Waals surface area contributed by atoms with Crippen LogP contribution in [0.2, 0.25) is 0 Å². The zero-order valence-electron chi connectivity index (χ0n) is 13.3. The lowest BCUT2D eigenvalue weighted by Gasteiger charge is -2.24. The van der Waals surface area contributed by atoms with Crippen LogP contribution < -0.4 is 5.32 Å². The predicted octanol–water partition coefficient (Wildman–Crippen LogP) is 4.88. The van der Waals surface area contributed by atoms with E-state index in [1.54, 1.807) is 0 Å². The van der Waals surface area contributed by atoms with Crippen molar-refractivity contribution >= 4 is 11.8 Å². The van der Waals surface area contributed by atoms with Crippen molar-refractivity contribution in [3.05, 3.63) is 34.9 Å². The van der Waals surface area contributed by atoms with Gasteiger partial charge in [-0.05, 0) is 32.4 Å². The molecule has 0 aliphatic rings. The van der Waals surface area contributed by atoms with E-state index < -0.39 is 0 Å². The molecule has 0 aliphatic heterocycles. The van der Waals surface area contributed by atoms with E-state index in [9.17, 15) is 0 Å². The van der Waals surface area contributed by atoms with Gasteiger partial charge in [0.1, 0.15) is 0 Å². The van der Waals surface area contributed by atoms with Gasteiger partial charge in [-0.25, -0.2) is 0 Å². The topological polar surface area (TPSA) is 12.0 Å². The molecule has 19 heavy (non-hydrogen) atoms. The maximum absolute atomic E-state index is 3.69. The number of rotatable bonds is 6. The van der Waals surface area contributed by atoms with Gasteiger partial charge in [0, 0.05) is 16.5 Å². The minimum atomic E-state index is 0.324. The Labute approximate surface area is 123 Å². The van der Waals surface area contributed by atoms with Crippen molar-refractivity contribution in [1.29, 1.82) is 0 Å². The monoisotopic (exact) mass is 279 g/mol. The second-order valence-corrected chi connectivity index (χ2v) is 8.20. The summed E-state index contributed by atoms with van der Waals surface area (Å²) in [6.45, 7) is 14.5. The van der Waals surface area contributed by atoms with Crippen molar-refractivity contribution < 1.29 is 0 Å². The van der Waals surface area contributed by atoms with Crippen LogP contribution >= 0.6 is 11.8 Å². The first kappa shape index (κ1) is 16.6. The summed E-state index contributed by atoms with van der Waals surface area (Å²) in [5.74, 6) is 1.13. The molecule has 2 heteroatoms. The van der Waals surface area contributed by atoms with Crippen molar-refractivity contribution in [2.24, 2.45) is 0 Å². The van der Waals surface area contributed by atoms with Gasteiger partial charge in [0.15, 0.2) is 0 Å². The first-order valence-electron chi connectivity index (χ1n) is 7.27. The molecule has 1 unspecified atom stereocenters. The number of benzene rings is 1. The van der Waals surface area contributed by atoms with E-state index in [-0.39, 0.29) is 0 Å². The minimum Gasteiger partial charge on any atom is -0.309 e. The molecule has 0 amide bonds. The van der Waals surface area contributed by atoms with Gasteiger partial charge in [-0.15, -0.1) is 0 Å². The Morgan fingerprint density at radius 1 is 1.11 bits per heavy atom. The quantitative estimate of drug-likeness (QED) is 0.797. The standard InChI is InChI=1S/C17H29NS/c1-7-8-18-16(12-19-17(4,5)6)15-10-13(2)9-14(3)11-15/h9-11,16,18H,7-8,12H2,1-6H3. The fraction of sp³-hybridized carbons (Fsp3) is 0.647. The van der Waals surface area contributed by atoms with Crippen molar-refractivity contribution in [2.45, 2.75) is 58.8 Å². The van der Waals surface area contributed by atoms with Gasteiger partial charge in [-0.1, -0.05) is 57.0 Å². The lowest BCUT2D eigenvalue weighted by Crippen LogP contribution is -2.26. The summed E-state index contributed by atoms with van der Waals surface area (Å²) in [4.78, 5) is 0. The molecule has 1 atom stereocenters. The van der Waals surface area contributed by atoms with E-state index in [1.807, 2.05) is 11.8 Å². The van der Waals surface area contributed by atoms with E-state index in [0.717, 1.165) is 12.3 Å². The van der Waals surface area contributed by atoms with Crippen LogP contribution in [0.3, 0.4) is 0 Å². The molecular weight excluding hydrogens is 250 g/mol. The van der Waals surface area contributed by atoms with E-state index in [2.05, 4.69) is 65.1 Å². The van der Waals surface area contributed by atoms with Gasteiger partial charge in [-0.2, -0.15) is 11.8 Å². The first-order valence-corrected chi connectivity index (χ1v) is 8.26. The van der Waals surface area contributed by atoms with Crippen LogP contribution in [0.4, 0.5) is 0 Å². The largest absolute Gasteiger partial charge is 0.309 e. The van der Waals surface area contributed by atoms with Gasteiger partial charge in [0.25, 0.3) is 0 Å². The molecule has 1 N–H and O–H groups in total. The smallest absolute Gasteiger partial charge is 0.0412 e. The highest BCUT2D eigenvalue weighted by molar-refractivity contribution is 8.00. The Bertz CT molecular complexity index is 372. The highest BCUT2D eigenvalue weighted by Gasteiger charge is 2.17. The number of thioether (sulfide) groups is 1. The molecule has 1 aromatic carbocycles. The summed E-state index contributed by atoms with van der Waals surface area (Å²) >= 11 is 2.04. The summed E-state index contributed by atoms with van der Waals surface area (Å²) in [6, 6.07) is 7.35. The van der Waals surface area contributed by atoms with Crippen LogP contribution in [-0.2, 0) is 0 Å². The molecule has 108 valence electrons. The third-order valence-corrected chi connectivity index (χ3v) is 4.34. The molecule has 0 fully saturated rings. The molecule has 1 aromatic rings. The van der Waals surface area contributed by atoms with Crippen molar-refractivity contribution in [1.82, 2.24) is 5.32 Å². The van der Waals surface area contributed by atoms with Gasteiger partial charge in [0.2, 0.25) is 0 Å². The third kappa shape index (κ3) is 6.49. The van der Waals surface area contributed by atoms with E-state index in [1.165, 1.54) is 23.1 Å². The van der Waals surface area contributed by atoms with Gasteiger partial charge in [0.05, 0.1) is 0 Å². The minimum absolute atomic E-state index is 0.324. The lowest BCUT2D eigenvalue weighted by atomic mass is 10.0. The van der Waals surface area contributed by atoms with Crippen LogP contribution in [0.5, 0.6) is 0 Å². The summed E-state index contributed by atoms with van der Waals surface area (Å²) in [6.07, 6.45) is 1.18. The Hall–Kier alpha value is -0.470. The van der Waals surface area contributed by atoms with E-state index in [0.29, 0.717) is 10.8 Å². The van der Waals surface area contributed by atoms with Crippen LogP contribution in [0.1, 0.15) is 56.8 Å². The van der Waals surface area contributed by atoms with Crippen molar-refractivity contribution in [2.75, 3.05) is 12.3 Å². The Morgan fingerprint density at radius 2 is 1.68 bits per heavy atom. The summed E-state index contributed by atoms with van der Waals surface area (Å²) in [5.41, 5.74) is 4.15. The predicted molar refractivity (Wildman–Crippen MR) is 89.2 cm³/mol. The summed E-state index contributed by atoms with van der Waals surface area (Å²) in [7, 11) is 0. The fourth-order valence-electron chi connectivity index (χ4n) is 2.14. The second kappa shape index (κ2) is 7.35. The SMILES string of the molecule is CCCNC(CSC(C)(C)C)c1cc(C)cc(C)c1. The summed E-state index contributed by atoms with van der Waals surface area (Å²) in [5, 5.41) is 3.69. The molecule has 0 saturated carbocycles. The van der Waals surface area contributed by atoms with Crippen LogP contribution in [0, 0.1) is 13.8 Å². The fourth-order valence-corrected chi connectivity index (χ4v) is 3.11. The normalized spacial score (nSPS) is 13.6. The Balaban J connectivity index is 2.82. The Morgan fingerprint density at radius 3 is 2.16 bits per heavy atom. The molecule has 0 spiro atoms. The third-order valence-electron chi connectivity index (χ3n) is 2.97. The molecular formula is C17H29NS. The molecule has 0 aromatic heterocycles. The highest BCUT2D eigenvalue weighted by atomic mass is 32.2. The average Bonchev–Trinajstić information content (AvgIpc) is 2.26. The van der Waals surface area contributed by atoms with Gasteiger partial charge in [-0.3, -0.25) is 0 Å². The zero-order valence-corrected chi connectivity index (χ0v) is 14.2. The van der Waals surface area contributed by atoms with Crippen molar-refractivity contribution in [3.8, 4) is 0 Å². The number of nitrogens with one attached hydrogen (secondary N) is 1. The van der Waals surface area contributed by atoms with Gasteiger partial charge < -0.3 is 5.32 Å². The molecule has 0 bridgehead atoms. The molecule has 1 rings (SSSR count). The van der Waals surface area contributed by atoms with E-state index >= 15 is 0 Å². The van der Waals surface area contributed by atoms with Crippen LogP contribution in [0.15, 0.2) is 18.2 Å². The molecule has 0 heterocycles. The summed E-state index contributed by atoms with van der Waals surface area (Å²) < 4.78 is 0.324. The second-order valence-electron chi connectivity index (χ2n) is 6.35. The number of hydrogen-bond donors (Lipinski definition) is 1. The molecule has 0 saturated heterocycles. The zero-order chi connectivity index (χ0) is 14.5. The van der Waals surface area contributed by atoms with Crippen molar-refractivity contribution in [3.63, 3.8) is 0 Å². The Kier molecular flexibility index (Phi) is 6.41. The molecule has 1 nitrogen and oxygen atoms in total. The maximum Gasteiger partial charge on any atom is 0.0412 e. The van der Waals surface area contributed by atoms with Crippen LogP contribution in [-0.4, -0.2) is 17.0 Å². The van der Waals surface area contributed by atoms with E-state index in [4.69, 9.17) is 0 Å². The van der Waals surface area contributed by atoms with Gasteiger partial charge >= 0.3 is 0 Å². The first-order chi connectivity index (χ1) is 8.81. The van der Waals surface area contributed by atoms with Crippen LogP contribution in [0.25, 0.3) is 0 Å².